The highest BCUT2D eigenvalue weighted by atomic mass is 32.2. The fraction of sp³-hybridized carbons (Fsp3) is 0.400. The summed E-state index contributed by atoms with van der Waals surface area (Å²) < 4.78 is 10.6. The van der Waals surface area contributed by atoms with Crippen molar-refractivity contribution in [3.63, 3.8) is 0 Å². The van der Waals surface area contributed by atoms with Crippen LogP contribution in [0.1, 0.15) is 30.6 Å². The van der Waals surface area contributed by atoms with Crippen LogP contribution in [0, 0.1) is 0 Å². The van der Waals surface area contributed by atoms with E-state index >= 15 is 0 Å². The second kappa shape index (κ2) is 5.64. The summed E-state index contributed by atoms with van der Waals surface area (Å²) in [5.41, 5.74) is 0.944. The number of anilines is 1. The van der Waals surface area contributed by atoms with Crippen LogP contribution < -0.4 is 14.4 Å². The number of benzene rings is 1. The van der Waals surface area contributed by atoms with Crippen LogP contribution in [0.15, 0.2) is 12.1 Å². The van der Waals surface area contributed by atoms with E-state index in [1.807, 2.05) is 0 Å². The number of Topliss-reactive ketones (excluding diaryl/α,β-unsaturated/α-hetero) is 1. The number of carbonyl (C=O) groups excluding carboxylic acids is 3. The van der Waals surface area contributed by atoms with Gasteiger partial charge in [-0.2, -0.15) is 0 Å². The number of rotatable bonds is 3. The van der Waals surface area contributed by atoms with Crippen molar-refractivity contribution in [1.29, 1.82) is 0 Å². The monoisotopic (exact) mass is 321 g/mol. The summed E-state index contributed by atoms with van der Waals surface area (Å²) in [5.74, 6) is 0.787. The number of nitrogens with zero attached hydrogens (tertiary/aromatic N) is 1. The molecule has 1 atom stereocenters. The molecule has 116 valence electrons. The molecule has 1 fully saturated rings. The van der Waals surface area contributed by atoms with E-state index in [-0.39, 0.29) is 35.3 Å². The van der Waals surface area contributed by atoms with Crippen molar-refractivity contribution in [1.82, 2.24) is 0 Å². The largest absolute Gasteiger partial charge is 0.454 e. The molecule has 0 radical (unpaired) electrons. The first-order valence-electron chi connectivity index (χ1n) is 6.88. The van der Waals surface area contributed by atoms with Crippen molar-refractivity contribution >= 4 is 34.3 Å². The van der Waals surface area contributed by atoms with Crippen molar-refractivity contribution < 1.29 is 23.9 Å². The van der Waals surface area contributed by atoms with Gasteiger partial charge in [-0.25, -0.2) is 0 Å². The lowest BCUT2D eigenvalue weighted by Crippen LogP contribution is -2.26. The summed E-state index contributed by atoms with van der Waals surface area (Å²) in [5, 5.41) is -0.104. The van der Waals surface area contributed by atoms with E-state index in [4.69, 9.17) is 9.47 Å². The summed E-state index contributed by atoms with van der Waals surface area (Å²) in [6.07, 6.45) is 0.288. The second-order valence-corrected chi connectivity index (χ2v) is 6.70. The molecule has 0 aliphatic carbocycles. The van der Waals surface area contributed by atoms with E-state index in [1.165, 1.54) is 13.8 Å². The number of thioether (sulfide) groups is 1. The van der Waals surface area contributed by atoms with Crippen LogP contribution in [0.4, 0.5) is 5.69 Å². The molecule has 7 heteroatoms. The molecule has 0 aromatic heterocycles. The Morgan fingerprint density at radius 3 is 2.55 bits per heavy atom. The quantitative estimate of drug-likeness (QED) is 0.793. The molecule has 6 nitrogen and oxygen atoms in total. The number of amides is 1. The van der Waals surface area contributed by atoms with E-state index in [0.29, 0.717) is 29.3 Å². The number of hydrogen-bond acceptors (Lipinski definition) is 6. The van der Waals surface area contributed by atoms with Crippen molar-refractivity contribution in [3.8, 4) is 11.5 Å². The first kappa shape index (κ1) is 14.9. The third-order valence-corrected chi connectivity index (χ3v) is 4.56. The Kier molecular flexibility index (Phi) is 3.82. The first-order valence-corrected chi connectivity index (χ1v) is 7.76. The summed E-state index contributed by atoms with van der Waals surface area (Å²) in [6, 6.07) is 3.27. The number of fused-ring (bicyclic) bond motifs is 1. The Morgan fingerprint density at radius 1 is 1.23 bits per heavy atom. The van der Waals surface area contributed by atoms with Gasteiger partial charge in [0.15, 0.2) is 22.4 Å². The molecule has 1 amide bonds. The molecular formula is C15H15NO5S. The SMILES string of the molecule is CC(=O)SC1CC(=O)N(c2cc3c(cc2C(C)=O)OCO3)C1. The maximum absolute atomic E-state index is 12.3. The van der Waals surface area contributed by atoms with Gasteiger partial charge in [0.05, 0.1) is 5.69 Å². The third kappa shape index (κ3) is 2.68. The van der Waals surface area contributed by atoms with Crippen LogP contribution in [0.25, 0.3) is 0 Å². The van der Waals surface area contributed by atoms with Gasteiger partial charge in [-0.3, -0.25) is 14.4 Å². The maximum atomic E-state index is 12.3. The third-order valence-electron chi connectivity index (χ3n) is 3.58. The van der Waals surface area contributed by atoms with Gasteiger partial charge in [-0.1, -0.05) is 11.8 Å². The molecule has 2 heterocycles. The van der Waals surface area contributed by atoms with Gasteiger partial charge in [-0.15, -0.1) is 0 Å². The summed E-state index contributed by atoms with van der Waals surface area (Å²) in [4.78, 5) is 36.9. The van der Waals surface area contributed by atoms with Gasteiger partial charge in [0, 0.05) is 36.8 Å². The predicted octanol–water partition coefficient (Wildman–Crippen LogP) is 2.00. The lowest BCUT2D eigenvalue weighted by molar-refractivity contribution is -0.117. The fourth-order valence-electron chi connectivity index (χ4n) is 2.66. The van der Waals surface area contributed by atoms with E-state index in [9.17, 15) is 14.4 Å². The van der Waals surface area contributed by atoms with Crippen LogP contribution in [0.2, 0.25) is 0 Å². The van der Waals surface area contributed by atoms with Gasteiger partial charge < -0.3 is 14.4 Å². The predicted molar refractivity (Wildman–Crippen MR) is 81.6 cm³/mol. The number of ether oxygens (including phenoxy) is 2. The fourth-order valence-corrected chi connectivity index (χ4v) is 3.58. The average molecular weight is 321 g/mol. The Labute approximate surface area is 131 Å². The lowest BCUT2D eigenvalue weighted by Gasteiger charge is -2.20. The van der Waals surface area contributed by atoms with Crippen LogP contribution in [-0.4, -0.2) is 35.4 Å². The molecule has 0 spiro atoms. The van der Waals surface area contributed by atoms with Gasteiger partial charge in [-0.05, 0) is 13.0 Å². The van der Waals surface area contributed by atoms with Crippen LogP contribution in [0.3, 0.4) is 0 Å². The van der Waals surface area contributed by atoms with E-state index in [2.05, 4.69) is 0 Å². The molecular weight excluding hydrogens is 306 g/mol. The van der Waals surface area contributed by atoms with E-state index < -0.39 is 0 Å². The standard InChI is InChI=1S/C15H15NO5S/c1-8(17)11-4-13-14(21-7-20-13)5-12(11)16-6-10(3-15(16)19)22-9(2)18/h4-5,10H,3,6-7H2,1-2H3. The van der Waals surface area contributed by atoms with Gasteiger partial charge in [0.2, 0.25) is 12.7 Å². The van der Waals surface area contributed by atoms with Crippen LogP contribution >= 0.6 is 11.8 Å². The molecule has 3 rings (SSSR count). The summed E-state index contributed by atoms with van der Waals surface area (Å²) in [6.45, 7) is 3.44. The Bertz CT molecular complexity index is 672. The summed E-state index contributed by atoms with van der Waals surface area (Å²) >= 11 is 1.16. The Morgan fingerprint density at radius 2 is 1.91 bits per heavy atom. The second-order valence-electron chi connectivity index (χ2n) is 5.22. The molecule has 1 unspecified atom stereocenters. The minimum absolute atomic E-state index is 0.0165. The minimum Gasteiger partial charge on any atom is -0.454 e. The number of carbonyl (C=O) groups is 3. The molecule has 1 saturated heterocycles. The van der Waals surface area contributed by atoms with Crippen molar-refractivity contribution in [2.45, 2.75) is 25.5 Å². The molecule has 1 aromatic carbocycles. The molecule has 0 N–H and O–H groups in total. The van der Waals surface area contributed by atoms with E-state index in [0.717, 1.165) is 11.8 Å². The van der Waals surface area contributed by atoms with Crippen molar-refractivity contribution in [2.24, 2.45) is 0 Å². The van der Waals surface area contributed by atoms with Crippen molar-refractivity contribution in [2.75, 3.05) is 18.2 Å². The molecule has 2 aliphatic heterocycles. The zero-order chi connectivity index (χ0) is 15.9. The summed E-state index contributed by atoms with van der Waals surface area (Å²) in [7, 11) is 0. The van der Waals surface area contributed by atoms with Gasteiger partial charge in [0.1, 0.15) is 0 Å². The topological polar surface area (TPSA) is 72.9 Å². The number of hydrogen-bond donors (Lipinski definition) is 0. The molecule has 2 aliphatic rings. The normalized spacial score (nSPS) is 19.6. The van der Waals surface area contributed by atoms with Crippen LogP contribution in [-0.2, 0) is 9.59 Å². The maximum Gasteiger partial charge on any atom is 0.231 e. The highest BCUT2D eigenvalue weighted by molar-refractivity contribution is 8.14. The molecule has 1 aromatic rings. The van der Waals surface area contributed by atoms with Crippen molar-refractivity contribution in [3.05, 3.63) is 17.7 Å². The van der Waals surface area contributed by atoms with E-state index in [1.54, 1.807) is 17.0 Å². The number of ketones is 1. The highest BCUT2D eigenvalue weighted by Gasteiger charge is 2.34. The van der Waals surface area contributed by atoms with Gasteiger partial charge in [0.25, 0.3) is 0 Å². The lowest BCUT2D eigenvalue weighted by atomic mass is 10.1. The first-order chi connectivity index (χ1) is 10.5. The highest BCUT2D eigenvalue weighted by Crippen LogP contribution is 2.40. The Hall–Kier alpha value is -2.02. The zero-order valence-corrected chi connectivity index (χ0v) is 13.1. The molecule has 22 heavy (non-hydrogen) atoms. The minimum atomic E-state index is -0.149. The van der Waals surface area contributed by atoms with Gasteiger partial charge >= 0.3 is 0 Å². The average Bonchev–Trinajstić information content (AvgIpc) is 3.02. The molecule has 0 bridgehead atoms. The molecule has 0 saturated carbocycles. The Balaban J connectivity index is 1.95. The zero-order valence-electron chi connectivity index (χ0n) is 12.3. The van der Waals surface area contributed by atoms with Crippen LogP contribution in [0.5, 0.6) is 11.5 Å². The smallest absolute Gasteiger partial charge is 0.231 e.